The standard InChI is InChI=1S/C28H29ClFN5O4/c29-22-10-17(3-6-23(22)30)33-28-21-11-25(26(12-24(21)31-16-32-28)39-20-7-9-37-15-20)34-27(36)2-1-8-35-13-18-4-5-19(14-35)38-18/h1-3,6,10-12,16,18-20H,4-5,7-9,13-15H2,(H,34,36)(H,31,32,33). The zero-order chi connectivity index (χ0) is 26.8. The molecule has 2 N–H and O–H groups in total. The quantitative estimate of drug-likeness (QED) is 0.388. The molecule has 0 aliphatic carbocycles. The van der Waals surface area contributed by atoms with Crippen LogP contribution in [0.4, 0.5) is 21.6 Å². The lowest BCUT2D eigenvalue weighted by atomic mass is 10.1. The zero-order valence-electron chi connectivity index (χ0n) is 21.2. The van der Waals surface area contributed by atoms with E-state index in [0.717, 1.165) is 32.4 Å². The van der Waals surface area contributed by atoms with E-state index >= 15 is 0 Å². The van der Waals surface area contributed by atoms with Gasteiger partial charge in [-0.2, -0.15) is 0 Å². The van der Waals surface area contributed by atoms with Crippen molar-refractivity contribution in [3.8, 4) is 5.75 Å². The molecule has 0 radical (unpaired) electrons. The number of rotatable bonds is 8. The van der Waals surface area contributed by atoms with Crippen molar-refractivity contribution in [2.75, 3.05) is 43.5 Å². The van der Waals surface area contributed by atoms with Crippen molar-refractivity contribution < 1.29 is 23.4 Å². The molecule has 9 nitrogen and oxygen atoms in total. The number of aromatic nitrogens is 2. The van der Waals surface area contributed by atoms with E-state index in [0.29, 0.717) is 65.8 Å². The minimum atomic E-state index is -0.508. The van der Waals surface area contributed by atoms with E-state index in [1.54, 1.807) is 24.3 Å². The normalized spacial score (nSPS) is 23.0. The number of amides is 1. The molecule has 3 unspecified atom stereocenters. The Kier molecular flexibility index (Phi) is 7.60. The number of ether oxygens (including phenoxy) is 3. The summed E-state index contributed by atoms with van der Waals surface area (Å²) in [6.07, 6.45) is 8.31. The van der Waals surface area contributed by atoms with E-state index in [4.69, 9.17) is 25.8 Å². The average molecular weight is 554 g/mol. The van der Waals surface area contributed by atoms with Crippen LogP contribution in [0.2, 0.25) is 5.02 Å². The van der Waals surface area contributed by atoms with Gasteiger partial charge in [-0.25, -0.2) is 14.4 Å². The lowest BCUT2D eigenvalue weighted by Crippen LogP contribution is -2.42. The number of carbonyl (C=O) groups is 1. The number of likely N-dealkylation sites (tertiary alicyclic amines) is 1. The van der Waals surface area contributed by atoms with Crippen LogP contribution in [0.3, 0.4) is 0 Å². The number of nitrogens with zero attached hydrogens (tertiary/aromatic N) is 3. The monoisotopic (exact) mass is 553 g/mol. The molecule has 1 amide bonds. The van der Waals surface area contributed by atoms with Crippen molar-refractivity contribution in [2.24, 2.45) is 0 Å². The van der Waals surface area contributed by atoms with Gasteiger partial charge >= 0.3 is 0 Å². The van der Waals surface area contributed by atoms with E-state index in [1.807, 2.05) is 6.08 Å². The first-order chi connectivity index (χ1) is 19.0. The highest BCUT2D eigenvalue weighted by atomic mass is 35.5. The molecule has 6 rings (SSSR count). The Bertz CT molecular complexity index is 1390. The fourth-order valence-electron chi connectivity index (χ4n) is 5.21. The first kappa shape index (κ1) is 25.9. The van der Waals surface area contributed by atoms with Gasteiger partial charge in [-0.05, 0) is 37.1 Å². The van der Waals surface area contributed by atoms with Crippen LogP contribution in [0.25, 0.3) is 10.9 Å². The summed E-state index contributed by atoms with van der Waals surface area (Å²) >= 11 is 5.95. The molecule has 0 spiro atoms. The number of halogens is 2. The minimum absolute atomic E-state index is 0.00250. The summed E-state index contributed by atoms with van der Waals surface area (Å²) in [4.78, 5) is 24.0. The van der Waals surface area contributed by atoms with Crippen LogP contribution in [-0.4, -0.2) is 71.9 Å². The van der Waals surface area contributed by atoms with E-state index < -0.39 is 5.82 Å². The number of anilines is 3. The molecular formula is C28H29ClFN5O4. The Morgan fingerprint density at radius 3 is 2.79 bits per heavy atom. The van der Waals surface area contributed by atoms with Gasteiger partial charge in [-0.1, -0.05) is 17.7 Å². The third-order valence-corrected chi connectivity index (χ3v) is 7.40. The molecule has 11 heteroatoms. The van der Waals surface area contributed by atoms with Gasteiger partial charge < -0.3 is 24.8 Å². The van der Waals surface area contributed by atoms with Crippen LogP contribution in [0, 0.1) is 5.82 Å². The number of morpholine rings is 1. The van der Waals surface area contributed by atoms with Crippen LogP contribution in [0.15, 0.2) is 48.8 Å². The van der Waals surface area contributed by atoms with Gasteiger partial charge in [0.2, 0.25) is 5.91 Å². The second-order valence-electron chi connectivity index (χ2n) is 10.0. The van der Waals surface area contributed by atoms with Crippen LogP contribution in [0.5, 0.6) is 5.75 Å². The van der Waals surface area contributed by atoms with Gasteiger partial charge in [0.25, 0.3) is 0 Å². The molecule has 204 valence electrons. The Morgan fingerprint density at radius 2 is 2.03 bits per heavy atom. The number of nitrogens with one attached hydrogen (secondary N) is 2. The molecule has 3 aliphatic rings. The van der Waals surface area contributed by atoms with Gasteiger partial charge in [-0.15, -0.1) is 0 Å². The number of benzene rings is 2. The van der Waals surface area contributed by atoms with Crippen molar-refractivity contribution in [1.82, 2.24) is 14.9 Å². The summed E-state index contributed by atoms with van der Waals surface area (Å²) in [5.74, 6) is 0.201. The molecule has 3 aliphatic heterocycles. The second-order valence-corrected chi connectivity index (χ2v) is 10.4. The first-order valence-electron chi connectivity index (χ1n) is 13.1. The fourth-order valence-corrected chi connectivity index (χ4v) is 5.39. The van der Waals surface area contributed by atoms with Crippen LogP contribution >= 0.6 is 11.6 Å². The minimum Gasteiger partial charge on any atom is -0.486 e. The molecule has 0 saturated carbocycles. The highest BCUT2D eigenvalue weighted by molar-refractivity contribution is 6.31. The Morgan fingerprint density at radius 1 is 1.18 bits per heavy atom. The highest BCUT2D eigenvalue weighted by Crippen LogP contribution is 2.35. The molecule has 4 heterocycles. The predicted molar refractivity (Wildman–Crippen MR) is 146 cm³/mol. The van der Waals surface area contributed by atoms with Crippen molar-refractivity contribution in [3.63, 3.8) is 0 Å². The highest BCUT2D eigenvalue weighted by Gasteiger charge is 2.33. The maximum Gasteiger partial charge on any atom is 0.248 e. The zero-order valence-corrected chi connectivity index (χ0v) is 22.0. The maximum absolute atomic E-state index is 13.6. The van der Waals surface area contributed by atoms with Crippen molar-refractivity contribution in [2.45, 2.75) is 37.6 Å². The summed E-state index contributed by atoms with van der Waals surface area (Å²) in [5.41, 5.74) is 1.67. The molecule has 1 aromatic heterocycles. The summed E-state index contributed by atoms with van der Waals surface area (Å²) in [5, 5.41) is 6.78. The predicted octanol–water partition coefficient (Wildman–Crippen LogP) is 4.69. The topological polar surface area (TPSA) is 97.8 Å². The van der Waals surface area contributed by atoms with Gasteiger partial charge in [-0.3, -0.25) is 9.69 Å². The first-order valence-corrected chi connectivity index (χ1v) is 13.5. The van der Waals surface area contributed by atoms with Crippen molar-refractivity contribution in [1.29, 1.82) is 0 Å². The lowest BCUT2D eigenvalue weighted by Gasteiger charge is -2.31. The summed E-state index contributed by atoms with van der Waals surface area (Å²) in [6, 6.07) is 7.89. The molecule has 3 atom stereocenters. The largest absolute Gasteiger partial charge is 0.486 e. The van der Waals surface area contributed by atoms with Gasteiger partial charge in [0.1, 0.15) is 29.8 Å². The van der Waals surface area contributed by atoms with Crippen LogP contribution in [0.1, 0.15) is 19.3 Å². The molecule has 2 aromatic carbocycles. The average Bonchev–Trinajstić information content (AvgIpc) is 3.55. The fraction of sp³-hybridized carbons (Fsp3) is 0.393. The third kappa shape index (κ3) is 6.14. The van der Waals surface area contributed by atoms with E-state index in [2.05, 4.69) is 25.5 Å². The summed E-state index contributed by atoms with van der Waals surface area (Å²) in [6.45, 7) is 3.58. The van der Waals surface area contributed by atoms with E-state index in [9.17, 15) is 9.18 Å². The number of hydrogen-bond donors (Lipinski definition) is 2. The second kappa shape index (κ2) is 11.4. The Hall–Kier alpha value is -3.31. The van der Waals surface area contributed by atoms with Crippen molar-refractivity contribution in [3.05, 3.63) is 59.7 Å². The SMILES string of the molecule is O=C(C=CCN1CC2CCC(C1)O2)Nc1cc2c(Nc3ccc(F)c(Cl)c3)ncnc2cc1OC1CCOC1. The van der Waals surface area contributed by atoms with Gasteiger partial charge in [0.05, 0.1) is 41.6 Å². The smallest absolute Gasteiger partial charge is 0.248 e. The maximum atomic E-state index is 13.6. The van der Waals surface area contributed by atoms with Crippen LogP contribution < -0.4 is 15.4 Å². The summed E-state index contributed by atoms with van der Waals surface area (Å²) in [7, 11) is 0. The Labute approximate surface area is 230 Å². The molecule has 3 aromatic rings. The molecule has 39 heavy (non-hydrogen) atoms. The number of hydrogen-bond acceptors (Lipinski definition) is 8. The summed E-state index contributed by atoms with van der Waals surface area (Å²) < 4.78 is 31.2. The number of carbonyl (C=O) groups excluding carboxylic acids is 1. The third-order valence-electron chi connectivity index (χ3n) is 7.11. The Balaban J connectivity index is 1.23. The molecule has 3 fully saturated rings. The molecule has 3 saturated heterocycles. The molecule has 2 bridgehead atoms. The van der Waals surface area contributed by atoms with E-state index in [-0.39, 0.29) is 17.0 Å². The number of fused-ring (bicyclic) bond motifs is 3. The van der Waals surface area contributed by atoms with Crippen LogP contribution in [-0.2, 0) is 14.3 Å². The lowest BCUT2D eigenvalue weighted by molar-refractivity contribution is -0.111. The van der Waals surface area contributed by atoms with E-state index in [1.165, 1.54) is 18.5 Å². The molecular weight excluding hydrogens is 525 g/mol. The van der Waals surface area contributed by atoms with Crippen molar-refractivity contribution >= 4 is 45.6 Å². The van der Waals surface area contributed by atoms with Gasteiger partial charge in [0.15, 0.2) is 0 Å². The van der Waals surface area contributed by atoms with Gasteiger partial charge in [0, 0.05) is 49.3 Å².